The van der Waals surface area contributed by atoms with Crippen LogP contribution in [-0.4, -0.2) is 8.97 Å². The van der Waals surface area contributed by atoms with Crippen molar-refractivity contribution < 1.29 is 0 Å². The molecule has 0 aliphatic heterocycles. The molecule has 11 aromatic rings. The molecular weight excluding hydrogens is 609 g/mol. The number of fused-ring (bicyclic) bond motifs is 9. The summed E-state index contributed by atoms with van der Waals surface area (Å²) in [5, 5.41) is 9.85. The van der Waals surface area contributed by atoms with Crippen molar-refractivity contribution in [1.29, 1.82) is 0 Å². The van der Waals surface area contributed by atoms with E-state index in [1.54, 1.807) is 0 Å². The highest BCUT2D eigenvalue weighted by Crippen LogP contribution is 2.41. The van der Waals surface area contributed by atoms with Crippen LogP contribution in [0.2, 0.25) is 0 Å². The van der Waals surface area contributed by atoms with E-state index in [0.29, 0.717) is 0 Å². The van der Waals surface area contributed by atoms with Gasteiger partial charge in [-0.1, -0.05) is 115 Å². The Hall–Kier alpha value is -6.71. The topological polar surface area (TPSA) is 26.4 Å². The second kappa shape index (κ2) is 10.1. The predicted octanol–water partition coefficient (Wildman–Crippen LogP) is 11.8. The normalized spacial score (nSPS) is 12.1. The van der Waals surface area contributed by atoms with Gasteiger partial charge in [0.25, 0.3) is 5.56 Å². The lowest BCUT2D eigenvalue weighted by molar-refractivity contribution is 1.20. The molecule has 3 nitrogen and oxygen atoms in total. The third-order valence-electron chi connectivity index (χ3n) is 10.6. The molecule has 0 amide bonds. The Morgan fingerprint density at radius 2 is 0.920 bits per heavy atom. The Kier molecular flexibility index (Phi) is 5.53. The fourth-order valence-electron chi connectivity index (χ4n) is 8.38. The van der Waals surface area contributed by atoms with Crippen LogP contribution in [0.15, 0.2) is 175 Å². The number of rotatable bonds is 3. The first-order valence-electron chi connectivity index (χ1n) is 17.1. The van der Waals surface area contributed by atoms with E-state index < -0.39 is 0 Å². The van der Waals surface area contributed by atoms with Gasteiger partial charge in [0.1, 0.15) is 0 Å². The van der Waals surface area contributed by atoms with Gasteiger partial charge < -0.3 is 4.57 Å². The fraction of sp³-hybridized carbons (Fsp3) is 0. The Morgan fingerprint density at radius 1 is 0.340 bits per heavy atom. The van der Waals surface area contributed by atoms with Crippen LogP contribution >= 0.6 is 0 Å². The lowest BCUT2D eigenvalue weighted by Gasteiger charge is -2.14. The van der Waals surface area contributed by atoms with Gasteiger partial charge in [0, 0.05) is 37.7 Å². The molecular formula is C47H28N2O. The standard InChI is InChI=1S/C47H28N2O/c50-47-37-17-5-4-14-34(37)40-27-33(28-41-39-26-31(29-11-2-1-3-12-29)23-24-45(39)49(47)46(40)41)32-22-21-30-13-10-20-44(38(30)25-32)48-42-18-8-6-15-35(42)36-16-7-9-19-43(36)48/h1-28H. The lowest BCUT2D eigenvalue weighted by atomic mass is 9.95. The van der Waals surface area contributed by atoms with Gasteiger partial charge in [-0.15, -0.1) is 0 Å². The van der Waals surface area contributed by atoms with Gasteiger partial charge in [0.2, 0.25) is 0 Å². The highest BCUT2D eigenvalue weighted by atomic mass is 16.1. The Balaban J connectivity index is 1.22. The zero-order chi connectivity index (χ0) is 32.9. The summed E-state index contributed by atoms with van der Waals surface area (Å²) < 4.78 is 4.34. The predicted molar refractivity (Wildman–Crippen MR) is 210 cm³/mol. The smallest absolute Gasteiger partial charge is 0.263 e. The second-order valence-electron chi connectivity index (χ2n) is 13.3. The van der Waals surface area contributed by atoms with Crippen molar-refractivity contribution in [2.75, 3.05) is 0 Å². The van der Waals surface area contributed by atoms with Crippen LogP contribution in [0.1, 0.15) is 0 Å². The molecule has 0 saturated carbocycles. The van der Waals surface area contributed by atoms with Gasteiger partial charge in [-0.05, 0) is 87.6 Å². The summed E-state index contributed by atoms with van der Waals surface area (Å²) in [5.74, 6) is 0. The summed E-state index contributed by atoms with van der Waals surface area (Å²) in [6.07, 6.45) is 0. The molecule has 0 aliphatic rings. The van der Waals surface area contributed by atoms with E-state index in [9.17, 15) is 4.79 Å². The van der Waals surface area contributed by atoms with E-state index in [4.69, 9.17) is 0 Å². The Morgan fingerprint density at radius 3 is 1.68 bits per heavy atom. The van der Waals surface area contributed by atoms with Gasteiger partial charge in [0.15, 0.2) is 0 Å². The van der Waals surface area contributed by atoms with E-state index in [1.165, 1.54) is 32.6 Å². The number of hydrogen-bond acceptors (Lipinski definition) is 1. The lowest BCUT2D eigenvalue weighted by Crippen LogP contribution is -2.12. The summed E-state index contributed by atoms with van der Waals surface area (Å²) in [7, 11) is 0. The number of aromatic nitrogens is 2. The first kappa shape index (κ1) is 27.3. The molecule has 232 valence electrons. The minimum atomic E-state index is 0.0230. The molecule has 0 saturated heterocycles. The van der Waals surface area contributed by atoms with Crippen molar-refractivity contribution in [3.63, 3.8) is 0 Å². The number of pyridine rings is 1. The first-order valence-corrected chi connectivity index (χ1v) is 17.1. The van der Waals surface area contributed by atoms with Crippen LogP contribution in [0.5, 0.6) is 0 Å². The van der Waals surface area contributed by atoms with Crippen LogP contribution in [-0.2, 0) is 0 Å². The minimum Gasteiger partial charge on any atom is -0.309 e. The van der Waals surface area contributed by atoms with Crippen LogP contribution in [0.25, 0.3) is 98.5 Å². The fourth-order valence-corrected chi connectivity index (χ4v) is 8.38. The minimum absolute atomic E-state index is 0.0230. The van der Waals surface area contributed by atoms with Gasteiger partial charge >= 0.3 is 0 Å². The largest absolute Gasteiger partial charge is 0.309 e. The van der Waals surface area contributed by atoms with E-state index in [0.717, 1.165) is 65.9 Å². The highest BCUT2D eigenvalue weighted by Gasteiger charge is 2.20. The number of nitrogens with zero attached hydrogens (tertiary/aromatic N) is 2. The van der Waals surface area contributed by atoms with Crippen molar-refractivity contribution in [3.8, 4) is 27.9 Å². The maximum absolute atomic E-state index is 14.1. The van der Waals surface area contributed by atoms with Crippen molar-refractivity contribution in [2.24, 2.45) is 0 Å². The molecule has 11 rings (SSSR count). The quantitative estimate of drug-likeness (QED) is 0.177. The average molecular weight is 637 g/mol. The molecule has 0 bridgehead atoms. The van der Waals surface area contributed by atoms with Crippen molar-refractivity contribution >= 4 is 70.5 Å². The van der Waals surface area contributed by atoms with Gasteiger partial charge in [-0.25, -0.2) is 0 Å². The molecule has 0 aliphatic carbocycles. The molecule has 0 radical (unpaired) electrons. The molecule has 8 aromatic carbocycles. The number of hydrogen-bond donors (Lipinski definition) is 0. The maximum atomic E-state index is 14.1. The molecule has 50 heavy (non-hydrogen) atoms. The van der Waals surface area contributed by atoms with Crippen molar-refractivity contribution in [2.45, 2.75) is 0 Å². The molecule has 3 heteroatoms. The van der Waals surface area contributed by atoms with Crippen LogP contribution < -0.4 is 5.56 Å². The summed E-state index contributed by atoms with van der Waals surface area (Å²) in [4.78, 5) is 14.1. The first-order chi connectivity index (χ1) is 24.7. The number of benzene rings is 8. The zero-order valence-corrected chi connectivity index (χ0v) is 27.0. The van der Waals surface area contributed by atoms with E-state index in [1.807, 2.05) is 28.7 Å². The maximum Gasteiger partial charge on any atom is 0.263 e. The van der Waals surface area contributed by atoms with E-state index in [-0.39, 0.29) is 5.56 Å². The SMILES string of the molecule is O=c1c2ccccc2c2cc(-c3ccc4cccc(-n5c6ccccc6c6ccccc65)c4c3)cc3c4cc(-c5ccccc5)ccc4n1c23. The third-order valence-corrected chi connectivity index (χ3v) is 10.6. The zero-order valence-electron chi connectivity index (χ0n) is 27.0. The second-order valence-corrected chi connectivity index (χ2v) is 13.3. The van der Waals surface area contributed by atoms with Crippen LogP contribution in [0, 0.1) is 0 Å². The van der Waals surface area contributed by atoms with Gasteiger partial charge in [-0.3, -0.25) is 9.20 Å². The molecule has 0 fully saturated rings. The summed E-state index contributed by atoms with van der Waals surface area (Å²) in [6, 6.07) is 60.3. The third kappa shape index (κ3) is 3.72. The molecule has 0 spiro atoms. The molecule has 0 N–H and O–H groups in total. The Labute approximate surface area is 286 Å². The molecule has 0 unspecified atom stereocenters. The summed E-state index contributed by atoms with van der Waals surface area (Å²) in [6.45, 7) is 0. The van der Waals surface area contributed by atoms with Crippen molar-refractivity contribution in [3.05, 3.63) is 180 Å². The average Bonchev–Trinajstić information content (AvgIpc) is 3.70. The number of para-hydroxylation sites is 2. The van der Waals surface area contributed by atoms with E-state index >= 15 is 0 Å². The molecule has 3 heterocycles. The summed E-state index contributed by atoms with van der Waals surface area (Å²) in [5.41, 5.74) is 10.0. The molecule has 0 atom stereocenters. The van der Waals surface area contributed by atoms with Crippen LogP contribution in [0.4, 0.5) is 0 Å². The van der Waals surface area contributed by atoms with Gasteiger partial charge in [0.05, 0.1) is 27.8 Å². The van der Waals surface area contributed by atoms with Crippen LogP contribution in [0.3, 0.4) is 0 Å². The summed E-state index contributed by atoms with van der Waals surface area (Å²) >= 11 is 0. The Bertz CT molecular complexity index is 3170. The molecule has 3 aromatic heterocycles. The monoisotopic (exact) mass is 636 g/mol. The van der Waals surface area contributed by atoms with Crippen molar-refractivity contribution in [1.82, 2.24) is 8.97 Å². The van der Waals surface area contributed by atoms with E-state index in [2.05, 4.69) is 150 Å². The van der Waals surface area contributed by atoms with Gasteiger partial charge in [-0.2, -0.15) is 0 Å². The highest BCUT2D eigenvalue weighted by molar-refractivity contribution is 6.22.